The fraction of sp³-hybridized carbons (Fsp3) is 0.733. The highest BCUT2D eigenvalue weighted by atomic mass is 79.9. The molecule has 1 aromatic heterocycles. The van der Waals surface area contributed by atoms with E-state index in [4.69, 9.17) is 11.6 Å². The molecule has 2 rings (SSSR count). The van der Waals surface area contributed by atoms with Crippen LogP contribution in [0, 0.1) is 17.3 Å². The predicted octanol–water partition coefficient (Wildman–Crippen LogP) is 6.64. The summed E-state index contributed by atoms with van der Waals surface area (Å²) in [6, 6.07) is 4.28. The molecule has 1 aromatic rings. The lowest BCUT2D eigenvalue weighted by atomic mass is 9.69. The Balaban J connectivity index is 1.94. The summed E-state index contributed by atoms with van der Waals surface area (Å²) in [6.45, 7) is 7.10. The van der Waals surface area contributed by atoms with Crippen molar-refractivity contribution in [1.29, 1.82) is 0 Å². The zero-order chi connectivity index (χ0) is 13.3. The minimum atomic E-state index is 0.210. The van der Waals surface area contributed by atoms with Crippen molar-refractivity contribution in [3.05, 3.63) is 20.8 Å². The zero-order valence-electron chi connectivity index (χ0n) is 11.4. The summed E-state index contributed by atoms with van der Waals surface area (Å²) in [6.07, 6.45) is 5.24. The van der Waals surface area contributed by atoms with E-state index in [-0.39, 0.29) is 5.38 Å². The summed E-state index contributed by atoms with van der Waals surface area (Å²) in [5, 5.41) is 0.210. The first-order chi connectivity index (χ1) is 8.38. The van der Waals surface area contributed by atoms with Gasteiger partial charge in [0, 0.05) is 4.88 Å². The second kappa shape index (κ2) is 5.85. The molecule has 18 heavy (non-hydrogen) atoms. The molecule has 1 fully saturated rings. The van der Waals surface area contributed by atoms with Crippen LogP contribution in [-0.4, -0.2) is 0 Å². The van der Waals surface area contributed by atoms with Gasteiger partial charge in [-0.05, 0) is 71.0 Å². The normalized spacial score (nSPS) is 27.2. The molecule has 1 aliphatic rings. The van der Waals surface area contributed by atoms with Crippen molar-refractivity contribution in [3.63, 3.8) is 0 Å². The van der Waals surface area contributed by atoms with Gasteiger partial charge in [-0.3, -0.25) is 0 Å². The van der Waals surface area contributed by atoms with Crippen LogP contribution in [0.15, 0.2) is 15.9 Å². The Labute approximate surface area is 128 Å². The third-order valence-electron chi connectivity index (χ3n) is 4.28. The highest BCUT2D eigenvalue weighted by molar-refractivity contribution is 9.11. The van der Waals surface area contributed by atoms with Crippen LogP contribution in [0.2, 0.25) is 0 Å². The molecule has 0 N–H and O–H groups in total. The predicted molar refractivity (Wildman–Crippen MR) is 85.5 cm³/mol. The number of rotatable bonds is 2. The van der Waals surface area contributed by atoms with Crippen LogP contribution >= 0.6 is 38.9 Å². The molecule has 1 saturated carbocycles. The standard InChI is InChI=1S/C15H22BrClS/c1-15(2,3)11-6-4-10(5-7-11)14(17)12-8-9-13(16)18-12/h8-11,14H,4-7H2,1-3H3. The molecule has 0 aliphatic heterocycles. The van der Waals surface area contributed by atoms with Crippen molar-refractivity contribution in [2.75, 3.05) is 0 Å². The van der Waals surface area contributed by atoms with E-state index in [0.717, 1.165) is 5.92 Å². The van der Waals surface area contributed by atoms with Crippen molar-refractivity contribution in [2.24, 2.45) is 17.3 Å². The molecular formula is C15H22BrClS. The molecule has 0 amide bonds. The number of hydrogen-bond acceptors (Lipinski definition) is 1. The van der Waals surface area contributed by atoms with Crippen molar-refractivity contribution in [3.8, 4) is 0 Å². The fourth-order valence-electron chi connectivity index (χ4n) is 2.99. The van der Waals surface area contributed by atoms with E-state index in [2.05, 4.69) is 48.8 Å². The Morgan fingerprint density at radius 3 is 2.28 bits per heavy atom. The molecular weight excluding hydrogens is 328 g/mol. The third kappa shape index (κ3) is 3.52. The molecule has 0 bridgehead atoms. The first-order valence-corrected chi connectivity index (χ1v) is 8.82. The highest BCUT2D eigenvalue weighted by Crippen LogP contribution is 2.46. The second-order valence-electron chi connectivity index (χ2n) is 6.52. The van der Waals surface area contributed by atoms with Crippen LogP contribution in [0.3, 0.4) is 0 Å². The van der Waals surface area contributed by atoms with E-state index in [0.29, 0.717) is 11.3 Å². The SMILES string of the molecule is CC(C)(C)C1CCC(C(Cl)c2ccc(Br)s2)CC1. The van der Waals surface area contributed by atoms with Gasteiger partial charge in [-0.15, -0.1) is 22.9 Å². The van der Waals surface area contributed by atoms with E-state index >= 15 is 0 Å². The van der Waals surface area contributed by atoms with Gasteiger partial charge >= 0.3 is 0 Å². The molecule has 1 atom stereocenters. The first-order valence-electron chi connectivity index (χ1n) is 6.77. The lowest BCUT2D eigenvalue weighted by Gasteiger charge is -2.38. The van der Waals surface area contributed by atoms with Crippen LogP contribution in [-0.2, 0) is 0 Å². The number of halogens is 2. The summed E-state index contributed by atoms with van der Waals surface area (Å²) >= 11 is 12.0. The molecule has 1 aliphatic carbocycles. The number of thiophene rings is 1. The Bertz CT molecular complexity index is 385. The quantitative estimate of drug-likeness (QED) is 0.525. The average molecular weight is 350 g/mol. The van der Waals surface area contributed by atoms with Gasteiger partial charge in [0.15, 0.2) is 0 Å². The maximum absolute atomic E-state index is 6.65. The van der Waals surface area contributed by atoms with E-state index in [1.54, 1.807) is 11.3 Å². The Morgan fingerprint density at radius 2 is 1.83 bits per heavy atom. The maximum atomic E-state index is 6.65. The maximum Gasteiger partial charge on any atom is 0.0707 e. The summed E-state index contributed by atoms with van der Waals surface area (Å²) in [5.74, 6) is 1.53. The Hall–Kier alpha value is 0.470. The average Bonchev–Trinajstić information content (AvgIpc) is 2.74. The van der Waals surface area contributed by atoms with Gasteiger partial charge in [0.1, 0.15) is 0 Å². The molecule has 0 radical (unpaired) electrons. The topological polar surface area (TPSA) is 0 Å². The van der Waals surface area contributed by atoms with Crippen LogP contribution in [0.4, 0.5) is 0 Å². The van der Waals surface area contributed by atoms with Crippen LogP contribution in [0.25, 0.3) is 0 Å². The first kappa shape index (κ1) is 14.9. The summed E-state index contributed by atoms with van der Waals surface area (Å²) < 4.78 is 1.19. The smallest absolute Gasteiger partial charge is 0.0707 e. The summed E-state index contributed by atoms with van der Waals surface area (Å²) in [5.41, 5.74) is 0.457. The van der Waals surface area contributed by atoms with Gasteiger partial charge in [-0.25, -0.2) is 0 Å². The van der Waals surface area contributed by atoms with Crippen molar-refractivity contribution < 1.29 is 0 Å². The third-order valence-corrected chi connectivity index (χ3v) is 6.70. The van der Waals surface area contributed by atoms with Gasteiger partial charge in [-0.2, -0.15) is 0 Å². The van der Waals surface area contributed by atoms with Crippen LogP contribution in [0.1, 0.15) is 56.7 Å². The number of alkyl halides is 1. The van der Waals surface area contributed by atoms with Crippen LogP contribution in [0.5, 0.6) is 0 Å². The van der Waals surface area contributed by atoms with Gasteiger partial charge in [0.25, 0.3) is 0 Å². The minimum absolute atomic E-state index is 0.210. The Morgan fingerprint density at radius 1 is 1.22 bits per heavy atom. The van der Waals surface area contributed by atoms with Gasteiger partial charge in [0.2, 0.25) is 0 Å². The summed E-state index contributed by atoms with van der Waals surface area (Å²) in [7, 11) is 0. The molecule has 1 heterocycles. The van der Waals surface area contributed by atoms with Gasteiger partial charge in [0.05, 0.1) is 9.16 Å². The molecule has 0 aromatic carbocycles. The molecule has 102 valence electrons. The van der Waals surface area contributed by atoms with Crippen molar-refractivity contribution in [1.82, 2.24) is 0 Å². The van der Waals surface area contributed by atoms with Gasteiger partial charge in [-0.1, -0.05) is 20.8 Å². The molecule has 1 unspecified atom stereocenters. The minimum Gasteiger partial charge on any atom is -0.132 e. The molecule has 3 heteroatoms. The van der Waals surface area contributed by atoms with Gasteiger partial charge < -0.3 is 0 Å². The zero-order valence-corrected chi connectivity index (χ0v) is 14.5. The lowest BCUT2D eigenvalue weighted by molar-refractivity contribution is 0.148. The van der Waals surface area contributed by atoms with E-state index < -0.39 is 0 Å². The summed E-state index contributed by atoms with van der Waals surface area (Å²) in [4.78, 5) is 1.32. The lowest BCUT2D eigenvalue weighted by Crippen LogP contribution is -2.27. The second-order valence-corrected chi connectivity index (χ2v) is 9.49. The number of hydrogen-bond donors (Lipinski definition) is 0. The molecule has 0 saturated heterocycles. The largest absolute Gasteiger partial charge is 0.132 e. The monoisotopic (exact) mass is 348 g/mol. The van der Waals surface area contributed by atoms with E-state index in [1.807, 2.05) is 0 Å². The molecule has 0 spiro atoms. The van der Waals surface area contributed by atoms with Crippen molar-refractivity contribution in [2.45, 2.75) is 51.8 Å². The van der Waals surface area contributed by atoms with Crippen LogP contribution < -0.4 is 0 Å². The molecule has 0 nitrogen and oxygen atoms in total. The Kier molecular flexibility index (Phi) is 4.83. The van der Waals surface area contributed by atoms with E-state index in [1.165, 1.54) is 34.3 Å². The fourth-order valence-corrected chi connectivity index (χ4v) is 4.94. The van der Waals surface area contributed by atoms with E-state index in [9.17, 15) is 0 Å². The highest BCUT2D eigenvalue weighted by Gasteiger charge is 2.33. The van der Waals surface area contributed by atoms with Crippen molar-refractivity contribution >= 4 is 38.9 Å².